The Kier molecular flexibility index (Phi) is 5.06. The molecule has 1 N–H and O–H groups in total. The minimum absolute atomic E-state index is 0.569. The summed E-state index contributed by atoms with van der Waals surface area (Å²) in [5, 5.41) is 4.61. The molecule has 23 heavy (non-hydrogen) atoms. The van der Waals surface area contributed by atoms with Gasteiger partial charge in [-0.1, -0.05) is 13.3 Å². The molecule has 0 saturated carbocycles. The molecular formula is C18H27N5. The molecule has 0 aromatic carbocycles. The average Bonchev–Trinajstić information content (AvgIpc) is 2.56. The number of hydrogen-bond donors (Lipinski definition) is 1. The number of aryl methyl sites for hydroxylation is 2. The molecule has 3 heterocycles. The minimum Gasteiger partial charge on any atom is -0.368 e. The predicted octanol–water partition coefficient (Wildman–Crippen LogP) is 3.32. The molecular weight excluding hydrogens is 286 g/mol. The Morgan fingerprint density at radius 3 is 2.70 bits per heavy atom. The van der Waals surface area contributed by atoms with Crippen molar-refractivity contribution >= 4 is 16.9 Å². The zero-order valence-corrected chi connectivity index (χ0v) is 14.5. The van der Waals surface area contributed by atoms with Crippen molar-refractivity contribution in [1.82, 2.24) is 19.9 Å². The Morgan fingerprint density at radius 1 is 1.17 bits per heavy atom. The number of anilines is 1. The standard InChI is InChI=1S/C18H27N5/c1-4-15(23-8-6-5-7-9-23)11-19-17-16-13(2)10-14(3)22-18(16)21-12-20-17/h10,12,15H,4-9,11H2,1-3H3,(H,19,20,21,22)/t15-/m0/s1. The molecule has 5 heteroatoms. The summed E-state index contributed by atoms with van der Waals surface area (Å²) in [6.07, 6.45) is 6.80. The highest BCUT2D eigenvalue weighted by molar-refractivity contribution is 5.89. The molecule has 124 valence electrons. The maximum atomic E-state index is 4.53. The second kappa shape index (κ2) is 7.21. The van der Waals surface area contributed by atoms with E-state index in [4.69, 9.17) is 0 Å². The van der Waals surface area contributed by atoms with E-state index in [0.717, 1.165) is 35.5 Å². The van der Waals surface area contributed by atoms with Crippen molar-refractivity contribution in [3.63, 3.8) is 0 Å². The fourth-order valence-electron chi connectivity index (χ4n) is 3.57. The van der Waals surface area contributed by atoms with Crippen molar-refractivity contribution in [2.24, 2.45) is 0 Å². The summed E-state index contributed by atoms with van der Waals surface area (Å²) in [7, 11) is 0. The van der Waals surface area contributed by atoms with Gasteiger partial charge in [0, 0.05) is 18.3 Å². The lowest BCUT2D eigenvalue weighted by atomic mass is 10.1. The summed E-state index contributed by atoms with van der Waals surface area (Å²) in [5.74, 6) is 0.912. The largest absolute Gasteiger partial charge is 0.368 e. The number of fused-ring (bicyclic) bond motifs is 1. The van der Waals surface area contributed by atoms with Crippen molar-refractivity contribution in [2.45, 2.75) is 52.5 Å². The van der Waals surface area contributed by atoms with Crippen molar-refractivity contribution in [3.8, 4) is 0 Å². The van der Waals surface area contributed by atoms with Crippen LogP contribution in [-0.2, 0) is 0 Å². The van der Waals surface area contributed by atoms with Crippen molar-refractivity contribution in [3.05, 3.63) is 23.7 Å². The Bertz CT molecular complexity index is 664. The van der Waals surface area contributed by atoms with Gasteiger partial charge in [-0.05, 0) is 57.8 Å². The number of nitrogens with one attached hydrogen (secondary N) is 1. The third kappa shape index (κ3) is 3.61. The van der Waals surface area contributed by atoms with E-state index in [1.165, 1.54) is 37.9 Å². The van der Waals surface area contributed by atoms with Gasteiger partial charge in [0.2, 0.25) is 0 Å². The number of piperidine rings is 1. The lowest BCUT2D eigenvalue weighted by Gasteiger charge is -2.34. The fraction of sp³-hybridized carbons (Fsp3) is 0.611. The lowest BCUT2D eigenvalue weighted by Crippen LogP contribution is -2.42. The molecule has 1 aliphatic rings. The van der Waals surface area contributed by atoms with E-state index >= 15 is 0 Å². The van der Waals surface area contributed by atoms with Crippen LogP contribution in [-0.4, -0.2) is 45.5 Å². The van der Waals surface area contributed by atoms with Crippen LogP contribution in [0, 0.1) is 13.8 Å². The monoisotopic (exact) mass is 313 g/mol. The summed E-state index contributed by atoms with van der Waals surface area (Å²) in [6, 6.07) is 2.66. The Morgan fingerprint density at radius 2 is 1.96 bits per heavy atom. The maximum Gasteiger partial charge on any atom is 0.165 e. The van der Waals surface area contributed by atoms with Crippen LogP contribution in [0.3, 0.4) is 0 Å². The zero-order valence-electron chi connectivity index (χ0n) is 14.5. The second-order valence-corrected chi connectivity index (χ2v) is 6.54. The third-order valence-electron chi connectivity index (χ3n) is 4.81. The number of pyridine rings is 1. The Labute approximate surface area is 138 Å². The number of aromatic nitrogens is 3. The predicted molar refractivity (Wildman–Crippen MR) is 94.8 cm³/mol. The number of hydrogen-bond acceptors (Lipinski definition) is 5. The number of nitrogens with zero attached hydrogens (tertiary/aromatic N) is 4. The van der Waals surface area contributed by atoms with Gasteiger partial charge in [0.05, 0.1) is 5.39 Å². The fourth-order valence-corrected chi connectivity index (χ4v) is 3.57. The van der Waals surface area contributed by atoms with E-state index in [1.807, 2.05) is 6.92 Å². The first-order valence-corrected chi connectivity index (χ1v) is 8.76. The van der Waals surface area contributed by atoms with Gasteiger partial charge in [-0.15, -0.1) is 0 Å². The molecule has 1 atom stereocenters. The summed E-state index contributed by atoms with van der Waals surface area (Å²) < 4.78 is 0. The quantitative estimate of drug-likeness (QED) is 0.917. The van der Waals surface area contributed by atoms with Crippen LogP contribution < -0.4 is 5.32 Å². The Hall–Kier alpha value is -1.75. The molecule has 1 saturated heterocycles. The van der Waals surface area contributed by atoms with Crippen LogP contribution in [0.2, 0.25) is 0 Å². The summed E-state index contributed by atoms with van der Waals surface area (Å²) in [5.41, 5.74) is 2.96. The van der Waals surface area contributed by atoms with E-state index in [1.54, 1.807) is 6.33 Å². The van der Waals surface area contributed by atoms with Crippen LogP contribution in [0.1, 0.15) is 43.9 Å². The van der Waals surface area contributed by atoms with E-state index in [2.05, 4.69) is 45.1 Å². The van der Waals surface area contributed by atoms with E-state index < -0.39 is 0 Å². The molecule has 0 aliphatic carbocycles. The SMILES string of the molecule is CC[C@@H](CNc1ncnc2nc(C)cc(C)c12)N1CCCCC1. The molecule has 1 aliphatic heterocycles. The summed E-state index contributed by atoms with van der Waals surface area (Å²) >= 11 is 0. The van der Waals surface area contributed by atoms with Gasteiger partial charge in [-0.25, -0.2) is 15.0 Å². The molecule has 0 unspecified atom stereocenters. The average molecular weight is 313 g/mol. The van der Waals surface area contributed by atoms with Gasteiger partial charge in [-0.3, -0.25) is 4.90 Å². The number of likely N-dealkylation sites (tertiary alicyclic amines) is 1. The molecule has 2 aromatic rings. The first kappa shape index (κ1) is 16.1. The first-order valence-electron chi connectivity index (χ1n) is 8.76. The van der Waals surface area contributed by atoms with E-state index in [-0.39, 0.29) is 0 Å². The van der Waals surface area contributed by atoms with Gasteiger partial charge in [0.15, 0.2) is 5.65 Å². The van der Waals surface area contributed by atoms with Crippen LogP contribution in [0.15, 0.2) is 12.4 Å². The Balaban J connectivity index is 1.78. The number of rotatable bonds is 5. The molecule has 3 rings (SSSR count). The maximum absolute atomic E-state index is 4.53. The summed E-state index contributed by atoms with van der Waals surface area (Å²) in [4.78, 5) is 15.9. The topological polar surface area (TPSA) is 53.9 Å². The molecule has 0 radical (unpaired) electrons. The van der Waals surface area contributed by atoms with Crippen LogP contribution >= 0.6 is 0 Å². The first-order chi connectivity index (χ1) is 11.2. The van der Waals surface area contributed by atoms with Crippen molar-refractivity contribution < 1.29 is 0 Å². The molecule has 2 aromatic heterocycles. The van der Waals surface area contributed by atoms with E-state index in [0.29, 0.717) is 6.04 Å². The highest BCUT2D eigenvalue weighted by Crippen LogP contribution is 2.23. The van der Waals surface area contributed by atoms with Gasteiger partial charge >= 0.3 is 0 Å². The zero-order chi connectivity index (χ0) is 16.2. The van der Waals surface area contributed by atoms with Gasteiger partial charge in [-0.2, -0.15) is 0 Å². The van der Waals surface area contributed by atoms with Crippen LogP contribution in [0.25, 0.3) is 11.0 Å². The third-order valence-corrected chi connectivity index (χ3v) is 4.81. The molecule has 0 bridgehead atoms. The molecule has 0 spiro atoms. The highest BCUT2D eigenvalue weighted by atomic mass is 15.2. The molecule has 5 nitrogen and oxygen atoms in total. The smallest absolute Gasteiger partial charge is 0.165 e. The summed E-state index contributed by atoms with van der Waals surface area (Å²) in [6.45, 7) is 9.76. The van der Waals surface area contributed by atoms with Crippen LogP contribution in [0.4, 0.5) is 5.82 Å². The molecule has 1 fully saturated rings. The lowest BCUT2D eigenvalue weighted by molar-refractivity contribution is 0.166. The second-order valence-electron chi connectivity index (χ2n) is 6.54. The van der Waals surface area contributed by atoms with Gasteiger partial charge in [0.25, 0.3) is 0 Å². The van der Waals surface area contributed by atoms with Crippen molar-refractivity contribution in [2.75, 3.05) is 25.0 Å². The normalized spacial score (nSPS) is 17.3. The van der Waals surface area contributed by atoms with Crippen LogP contribution in [0.5, 0.6) is 0 Å². The molecule has 0 amide bonds. The van der Waals surface area contributed by atoms with Gasteiger partial charge < -0.3 is 5.32 Å². The van der Waals surface area contributed by atoms with E-state index in [9.17, 15) is 0 Å². The minimum atomic E-state index is 0.569. The van der Waals surface area contributed by atoms with Gasteiger partial charge in [0.1, 0.15) is 12.1 Å². The van der Waals surface area contributed by atoms with Crippen molar-refractivity contribution in [1.29, 1.82) is 0 Å². The highest BCUT2D eigenvalue weighted by Gasteiger charge is 2.19.